The predicted molar refractivity (Wildman–Crippen MR) is 71.5 cm³/mol. The molecule has 0 amide bonds. The van der Waals surface area contributed by atoms with Crippen LogP contribution in [0.2, 0.25) is 0 Å². The minimum atomic E-state index is -3.47. The summed E-state index contributed by atoms with van der Waals surface area (Å²) in [6.45, 7) is 3.64. The lowest BCUT2D eigenvalue weighted by molar-refractivity contribution is 0.0686. The molecule has 6 nitrogen and oxygen atoms in total. The molecule has 0 saturated carbocycles. The van der Waals surface area contributed by atoms with Crippen molar-refractivity contribution in [2.24, 2.45) is 0 Å². The maximum atomic E-state index is 11.9. The van der Waals surface area contributed by atoms with Gasteiger partial charge in [0.25, 0.3) is 0 Å². The summed E-state index contributed by atoms with van der Waals surface area (Å²) in [7, 11) is -3.47. The van der Waals surface area contributed by atoms with E-state index >= 15 is 0 Å². The van der Waals surface area contributed by atoms with E-state index in [9.17, 15) is 13.2 Å². The van der Waals surface area contributed by atoms with Crippen molar-refractivity contribution in [3.63, 3.8) is 0 Å². The van der Waals surface area contributed by atoms with Crippen LogP contribution in [-0.2, 0) is 9.84 Å². The molecular formula is C13H13NO5S. The Morgan fingerprint density at radius 3 is 2.30 bits per heavy atom. The first-order chi connectivity index (χ1) is 9.20. The highest BCUT2D eigenvalue weighted by Crippen LogP contribution is 2.30. The largest absolute Gasteiger partial charge is 0.476 e. The van der Waals surface area contributed by atoms with E-state index in [1.165, 1.54) is 6.07 Å². The van der Waals surface area contributed by atoms with Crippen molar-refractivity contribution in [1.82, 2.24) is 5.16 Å². The number of nitrogens with zero attached hydrogens (tertiary/aromatic N) is 1. The summed E-state index contributed by atoms with van der Waals surface area (Å²) in [6.07, 6.45) is 1.09. The summed E-state index contributed by atoms with van der Waals surface area (Å²) in [5.74, 6) is -1.12. The highest BCUT2D eigenvalue weighted by atomic mass is 32.2. The molecule has 7 heteroatoms. The van der Waals surface area contributed by atoms with E-state index in [0.717, 1.165) is 17.4 Å². The van der Waals surface area contributed by atoms with Gasteiger partial charge in [-0.2, -0.15) is 0 Å². The van der Waals surface area contributed by atoms with Gasteiger partial charge in [-0.05, 0) is 37.1 Å². The average Bonchev–Trinajstić information content (AvgIpc) is 2.80. The molecule has 0 saturated heterocycles. The van der Waals surface area contributed by atoms with Gasteiger partial charge < -0.3 is 9.63 Å². The molecule has 2 rings (SSSR count). The number of benzene rings is 1. The molecule has 0 aliphatic rings. The van der Waals surface area contributed by atoms with Gasteiger partial charge in [-0.3, -0.25) is 0 Å². The first-order valence-corrected chi connectivity index (χ1v) is 7.61. The van der Waals surface area contributed by atoms with E-state index < -0.39 is 15.8 Å². The lowest BCUT2D eigenvalue weighted by Crippen LogP contribution is -2.01. The maximum absolute atomic E-state index is 11.9. The van der Waals surface area contributed by atoms with Gasteiger partial charge in [0.2, 0.25) is 0 Å². The van der Waals surface area contributed by atoms with Gasteiger partial charge in [-0.25, -0.2) is 13.2 Å². The molecule has 1 aromatic heterocycles. The van der Waals surface area contributed by atoms with Crippen LogP contribution in [0.25, 0.3) is 11.3 Å². The first kappa shape index (κ1) is 14.3. The minimum absolute atomic E-state index is 0.0914. The number of aryl methyl sites for hydroxylation is 2. The Morgan fingerprint density at radius 1 is 1.20 bits per heavy atom. The van der Waals surface area contributed by atoms with Crippen LogP contribution >= 0.6 is 0 Å². The van der Waals surface area contributed by atoms with Crippen LogP contribution in [0.4, 0.5) is 0 Å². The van der Waals surface area contributed by atoms with Crippen molar-refractivity contribution in [2.75, 3.05) is 6.26 Å². The zero-order valence-electron chi connectivity index (χ0n) is 11.2. The summed E-state index contributed by atoms with van der Waals surface area (Å²) in [5, 5.41) is 12.2. The minimum Gasteiger partial charge on any atom is -0.476 e. The zero-order chi connectivity index (χ0) is 15.1. The van der Waals surface area contributed by atoms with Crippen molar-refractivity contribution in [3.8, 4) is 11.3 Å². The molecule has 20 heavy (non-hydrogen) atoms. The lowest BCUT2D eigenvalue weighted by atomic mass is 10.0. The fraction of sp³-hybridized carbons (Fsp3) is 0.231. The molecule has 0 atom stereocenters. The number of hydrogen-bond acceptors (Lipinski definition) is 5. The van der Waals surface area contributed by atoms with E-state index in [0.29, 0.717) is 5.56 Å². The second-order valence-corrected chi connectivity index (χ2v) is 6.57. The van der Waals surface area contributed by atoms with Crippen molar-refractivity contribution >= 4 is 15.8 Å². The highest BCUT2D eigenvalue weighted by Gasteiger charge is 2.20. The molecule has 106 valence electrons. The summed E-state index contributed by atoms with van der Waals surface area (Å²) in [6, 6.07) is 4.40. The number of carboxylic acid groups (broad SMARTS) is 1. The van der Waals surface area contributed by atoms with Crippen LogP contribution in [0.1, 0.15) is 21.6 Å². The van der Waals surface area contributed by atoms with Gasteiger partial charge in [0.05, 0.1) is 4.90 Å². The molecule has 0 spiro atoms. The standard InChI is InChI=1S/C13H13NO5S/c1-7-4-9(11-6-10(13(15)16)14-19-11)12(5-8(7)2)20(3,17)18/h4-6H,1-3H3,(H,15,16). The van der Waals surface area contributed by atoms with Crippen LogP contribution in [0, 0.1) is 13.8 Å². The van der Waals surface area contributed by atoms with E-state index in [-0.39, 0.29) is 16.3 Å². The summed E-state index contributed by atoms with van der Waals surface area (Å²) in [4.78, 5) is 10.9. The third-order valence-electron chi connectivity index (χ3n) is 2.99. The second-order valence-electron chi connectivity index (χ2n) is 4.59. The van der Waals surface area contributed by atoms with Crippen LogP contribution in [0.5, 0.6) is 0 Å². The third kappa shape index (κ3) is 2.57. The third-order valence-corrected chi connectivity index (χ3v) is 4.13. The number of aromatic nitrogens is 1. The van der Waals surface area contributed by atoms with E-state index in [4.69, 9.17) is 9.63 Å². The number of rotatable bonds is 3. The van der Waals surface area contributed by atoms with Crippen molar-refractivity contribution in [2.45, 2.75) is 18.7 Å². The van der Waals surface area contributed by atoms with Crippen LogP contribution in [0.3, 0.4) is 0 Å². The number of carbonyl (C=O) groups is 1. The first-order valence-electron chi connectivity index (χ1n) is 5.72. The average molecular weight is 295 g/mol. The molecule has 0 aliphatic heterocycles. The topological polar surface area (TPSA) is 97.5 Å². The van der Waals surface area contributed by atoms with E-state index in [2.05, 4.69) is 5.16 Å². The zero-order valence-corrected chi connectivity index (χ0v) is 12.0. The van der Waals surface area contributed by atoms with Crippen LogP contribution < -0.4 is 0 Å². The molecule has 0 aliphatic carbocycles. The van der Waals surface area contributed by atoms with Crippen molar-refractivity contribution in [3.05, 3.63) is 35.0 Å². The number of hydrogen-bond donors (Lipinski definition) is 1. The Balaban J connectivity index is 2.72. The fourth-order valence-corrected chi connectivity index (χ4v) is 2.74. The second kappa shape index (κ2) is 4.75. The van der Waals surface area contributed by atoms with E-state index in [1.807, 2.05) is 6.92 Å². The fourth-order valence-electron chi connectivity index (χ4n) is 1.79. The van der Waals surface area contributed by atoms with Gasteiger partial charge in [0, 0.05) is 17.9 Å². The normalized spacial score (nSPS) is 11.6. The summed E-state index contributed by atoms with van der Waals surface area (Å²) >= 11 is 0. The van der Waals surface area contributed by atoms with Crippen molar-refractivity contribution in [1.29, 1.82) is 0 Å². The van der Waals surface area contributed by atoms with Gasteiger partial charge in [-0.1, -0.05) is 5.16 Å². The van der Waals surface area contributed by atoms with Crippen LogP contribution in [-0.4, -0.2) is 30.9 Å². The molecular weight excluding hydrogens is 282 g/mol. The monoisotopic (exact) mass is 295 g/mol. The van der Waals surface area contributed by atoms with E-state index in [1.54, 1.807) is 19.1 Å². The molecule has 1 aromatic carbocycles. The lowest BCUT2D eigenvalue weighted by Gasteiger charge is -2.09. The van der Waals surface area contributed by atoms with Gasteiger partial charge in [0.15, 0.2) is 21.3 Å². The molecule has 0 fully saturated rings. The molecule has 0 unspecified atom stereocenters. The Kier molecular flexibility index (Phi) is 3.39. The van der Waals surface area contributed by atoms with Gasteiger partial charge in [0.1, 0.15) is 0 Å². The number of sulfone groups is 1. The van der Waals surface area contributed by atoms with Crippen LogP contribution in [0.15, 0.2) is 27.6 Å². The summed E-state index contributed by atoms with van der Waals surface area (Å²) in [5.41, 5.74) is 1.75. The Hall–Kier alpha value is -2.15. The van der Waals surface area contributed by atoms with Crippen molar-refractivity contribution < 1.29 is 22.8 Å². The predicted octanol–water partition coefficient (Wildman–Crippen LogP) is 2.06. The van der Waals surface area contributed by atoms with Gasteiger partial charge >= 0.3 is 5.97 Å². The molecule has 1 heterocycles. The SMILES string of the molecule is Cc1cc(-c2cc(C(=O)O)no2)c(S(C)(=O)=O)cc1C. The quantitative estimate of drug-likeness (QED) is 0.930. The Morgan fingerprint density at radius 2 is 1.80 bits per heavy atom. The molecule has 0 radical (unpaired) electrons. The Labute approximate surface area is 115 Å². The smallest absolute Gasteiger partial charge is 0.358 e. The van der Waals surface area contributed by atoms with Gasteiger partial charge in [-0.15, -0.1) is 0 Å². The molecule has 0 bridgehead atoms. The molecule has 2 aromatic rings. The highest BCUT2D eigenvalue weighted by molar-refractivity contribution is 7.90. The maximum Gasteiger partial charge on any atom is 0.358 e. The molecule has 1 N–H and O–H groups in total. The number of carboxylic acids is 1. The summed E-state index contributed by atoms with van der Waals surface area (Å²) < 4.78 is 28.7. The Bertz CT molecular complexity index is 789. The number of aromatic carboxylic acids is 1.